The molecule has 10 unspecified atom stereocenters. The molecule has 0 bridgehead atoms. The van der Waals surface area contributed by atoms with Gasteiger partial charge in [0.25, 0.3) is 0 Å². The van der Waals surface area contributed by atoms with Crippen molar-refractivity contribution in [1.29, 1.82) is 0 Å². The molecule has 2 saturated heterocycles. The molecule has 30 heavy (non-hydrogen) atoms. The van der Waals surface area contributed by atoms with Gasteiger partial charge in [0, 0.05) is 14.2 Å². The van der Waals surface area contributed by atoms with Gasteiger partial charge in [-0.3, -0.25) is 0 Å². The van der Waals surface area contributed by atoms with Gasteiger partial charge in [-0.25, -0.2) is 0 Å². The predicted molar refractivity (Wildman–Crippen MR) is 86.9 cm³/mol. The number of nitrogens with one attached hydrogen (secondary N) is 1. The Labute approximate surface area is 193 Å². The number of carbonyl (C=O) groups excluding carboxylic acids is 3. The van der Waals surface area contributed by atoms with Crippen LogP contribution in [0.2, 0.25) is 0 Å². The first-order chi connectivity index (χ1) is 13.8. The van der Waals surface area contributed by atoms with Gasteiger partial charge in [-0.15, -0.1) is 0 Å². The molecule has 0 aromatic rings. The average Bonchev–Trinajstić information content (AvgIpc) is 2.71. The van der Waals surface area contributed by atoms with Crippen LogP contribution in [0.4, 0.5) is 0 Å². The first-order valence-electron chi connectivity index (χ1n) is 8.70. The SMILES string of the molecule is COC1OC(C=O)C(O)C(OC2OC(C(=O)[O-])C(OC)C(O)C2O)C1NCC=O.[Na+]. The van der Waals surface area contributed by atoms with Crippen molar-refractivity contribution in [3.63, 3.8) is 0 Å². The second-order valence-corrected chi connectivity index (χ2v) is 6.46. The molecular weight excluding hydrogens is 421 g/mol. The molecule has 4 N–H and O–H groups in total. The monoisotopic (exact) mass is 445 g/mol. The van der Waals surface area contributed by atoms with Crippen molar-refractivity contribution >= 4 is 18.5 Å². The Bertz CT molecular complexity index is 582. The van der Waals surface area contributed by atoms with Crippen LogP contribution in [0.1, 0.15) is 0 Å². The molecule has 0 aromatic carbocycles. The zero-order valence-corrected chi connectivity index (χ0v) is 18.7. The van der Waals surface area contributed by atoms with Gasteiger partial charge in [-0.1, -0.05) is 0 Å². The summed E-state index contributed by atoms with van der Waals surface area (Å²) < 4.78 is 26.0. The number of hydrogen-bond donors (Lipinski definition) is 4. The van der Waals surface area contributed by atoms with Crippen LogP contribution in [-0.4, -0.2) is 116 Å². The molecule has 10 atom stereocenters. The topological polar surface area (TPSA) is 193 Å². The second kappa shape index (κ2) is 12.5. The Hall–Kier alpha value is -0.550. The molecule has 0 spiro atoms. The third-order valence-corrected chi connectivity index (χ3v) is 4.76. The maximum Gasteiger partial charge on any atom is 1.00 e. The van der Waals surface area contributed by atoms with Gasteiger partial charge in [-0.05, 0) is 0 Å². The smallest absolute Gasteiger partial charge is 0.547 e. The van der Waals surface area contributed by atoms with E-state index in [4.69, 9.17) is 23.7 Å². The zero-order chi connectivity index (χ0) is 21.7. The maximum atomic E-state index is 11.3. The Morgan fingerprint density at radius 3 is 2.20 bits per heavy atom. The molecule has 0 amide bonds. The molecule has 166 valence electrons. The minimum atomic E-state index is -1.79. The van der Waals surface area contributed by atoms with Crippen LogP contribution in [0.15, 0.2) is 0 Å². The standard InChI is InChI=1S/C16H25NO12.Na/c1-25-12-9(21)10(22)16(29-13(12)14(23)24)28-11-7(17-3-4-18)15(26-2)27-6(5-19)8(11)20;/h4-13,15-17,20-22H,3H2,1-2H3,(H,23,24);/q;+1/p-1. The van der Waals surface area contributed by atoms with Crippen molar-refractivity contribution in [3.8, 4) is 0 Å². The summed E-state index contributed by atoms with van der Waals surface area (Å²) in [7, 11) is 2.36. The predicted octanol–water partition coefficient (Wildman–Crippen LogP) is -8.32. The Morgan fingerprint density at radius 2 is 1.70 bits per heavy atom. The normalized spacial score (nSPS) is 41.5. The van der Waals surface area contributed by atoms with Crippen LogP contribution in [0.3, 0.4) is 0 Å². The van der Waals surface area contributed by atoms with Gasteiger partial charge >= 0.3 is 29.6 Å². The fraction of sp³-hybridized carbons (Fsp3) is 0.812. The molecule has 14 heteroatoms. The van der Waals surface area contributed by atoms with Gasteiger partial charge in [0.2, 0.25) is 0 Å². The minimum absolute atomic E-state index is 0. The van der Waals surface area contributed by atoms with Crippen LogP contribution >= 0.6 is 0 Å². The van der Waals surface area contributed by atoms with Crippen LogP contribution in [-0.2, 0) is 38.1 Å². The Kier molecular flexibility index (Phi) is 11.4. The number of methoxy groups -OCH3 is 2. The molecule has 0 radical (unpaired) electrons. The van der Waals surface area contributed by atoms with E-state index in [-0.39, 0.29) is 36.1 Å². The Morgan fingerprint density at radius 1 is 1.03 bits per heavy atom. The van der Waals surface area contributed by atoms with Gasteiger partial charge in [0.05, 0.1) is 18.6 Å². The van der Waals surface area contributed by atoms with E-state index in [0.29, 0.717) is 12.6 Å². The van der Waals surface area contributed by atoms with E-state index < -0.39 is 67.3 Å². The Balaban J connectivity index is 0.00000450. The van der Waals surface area contributed by atoms with E-state index in [0.717, 1.165) is 7.11 Å². The van der Waals surface area contributed by atoms with E-state index in [9.17, 15) is 34.8 Å². The van der Waals surface area contributed by atoms with Gasteiger partial charge in [0.15, 0.2) is 18.9 Å². The van der Waals surface area contributed by atoms with Crippen LogP contribution in [0, 0.1) is 0 Å². The number of aliphatic hydroxyl groups excluding tert-OH is 3. The number of hydrogen-bond acceptors (Lipinski definition) is 13. The van der Waals surface area contributed by atoms with E-state index in [1.165, 1.54) is 7.11 Å². The number of carboxylic acids is 1. The van der Waals surface area contributed by atoms with E-state index in [1.807, 2.05) is 0 Å². The zero-order valence-electron chi connectivity index (χ0n) is 16.7. The minimum Gasteiger partial charge on any atom is -0.547 e. The molecular formula is C16H24NNaO12. The van der Waals surface area contributed by atoms with Crippen molar-refractivity contribution in [3.05, 3.63) is 0 Å². The van der Waals surface area contributed by atoms with Crippen LogP contribution < -0.4 is 40.0 Å². The van der Waals surface area contributed by atoms with Crippen molar-refractivity contribution in [2.75, 3.05) is 20.8 Å². The molecule has 0 aliphatic carbocycles. The summed E-state index contributed by atoms with van der Waals surface area (Å²) >= 11 is 0. The fourth-order valence-electron chi connectivity index (χ4n) is 3.31. The van der Waals surface area contributed by atoms with Crippen molar-refractivity contribution in [2.45, 2.75) is 61.3 Å². The number of aliphatic hydroxyl groups is 3. The fourth-order valence-corrected chi connectivity index (χ4v) is 3.31. The van der Waals surface area contributed by atoms with E-state index in [1.54, 1.807) is 0 Å². The summed E-state index contributed by atoms with van der Waals surface area (Å²) in [5, 5.41) is 44.9. The third kappa shape index (κ3) is 5.82. The summed E-state index contributed by atoms with van der Waals surface area (Å²) in [5.41, 5.74) is 0. The van der Waals surface area contributed by atoms with E-state index >= 15 is 0 Å². The number of aldehydes is 2. The summed E-state index contributed by atoms with van der Waals surface area (Å²) in [6.07, 6.45) is -13.1. The van der Waals surface area contributed by atoms with Gasteiger partial charge < -0.3 is 63.8 Å². The number of ether oxygens (including phenoxy) is 5. The third-order valence-electron chi connectivity index (χ3n) is 4.76. The van der Waals surface area contributed by atoms with Crippen molar-refractivity contribution in [2.24, 2.45) is 0 Å². The molecule has 13 nitrogen and oxygen atoms in total. The second-order valence-electron chi connectivity index (χ2n) is 6.46. The van der Waals surface area contributed by atoms with Gasteiger partial charge in [-0.2, -0.15) is 0 Å². The molecule has 0 aromatic heterocycles. The molecule has 2 aliphatic heterocycles. The van der Waals surface area contributed by atoms with Crippen LogP contribution in [0.25, 0.3) is 0 Å². The summed E-state index contributed by atoms with van der Waals surface area (Å²) in [6.45, 7) is -0.198. The van der Waals surface area contributed by atoms with Crippen molar-refractivity contribution < 1.29 is 88.1 Å². The first-order valence-corrected chi connectivity index (χ1v) is 8.70. The quantitative estimate of drug-likeness (QED) is 0.193. The maximum absolute atomic E-state index is 11.3. The van der Waals surface area contributed by atoms with Gasteiger partial charge in [0.1, 0.15) is 49.0 Å². The molecule has 2 rings (SSSR count). The number of carboxylic acid groups (broad SMARTS) is 1. The summed E-state index contributed by atoms with van der Waals surface area (Å²) in [4.78, 5) is 33.3. The van der Waals surface area contributed by atoms with Crippen molar-refractivity contribution in [1.82, 2.24) is 5.32 Å². The molecule has 2 fully saturated rings. The summed E-state index contributed by atoms with van der Waals surface area (Å²) in [5.74, 6) is -1.72. The molecule has 2 aliphatic rings. The average molecular weight is 445 g/mol. The number of rotatable bonds is 9. The molecule has 2 heterocycles. The first kappa shape index (κ1) is 27.5. The van der Waals surface area contributed by atoms with Crippen LogP contribution in [0.5, 0.6) is 0 Å². The van der Waals surface area contributed by atoms with E-state index in [2.05, 4.69) is 5.32 Å². The number of aliphatic carboxylic acids is 1. The number of carbonyl (C=O) groups is 3. The summed E-state index contributed by atoms with van der Waals surface area (Å²) in [6, 6.07) is -1.02. The largest absolute Gasteiger partial charge is 1.00 e. The molecule has 0 saturated carbocycles.